The number of piperazine rings is 1. The number of rotatable bonds is 3. The Hall–Kier alpha value is -1.00. The number of halogens is 2. The van der Waals surface area contributed by atoms with Gasteiger partial charge in [0.2, 0.25) is 0 Å². The van der Waals surface area contributed by atoms with E-state index in [4.69, 9.17) is 0 Å². The van der Waals surface area contributed by atoms with Gasteiger partial charge in [-0.3, -0.25) is 4.90 Å². The minimum Gasteiger partial charge on any atom is -0.314 e. The van der Waals surface area contributed by atoms with E-state index in [1.807, 2.05) is 0 Å². The van der Waals surface area contributed by atoms with E-state index in [1.54, 1.807) is 0 Å². The molecule has 1 aliphatic carbocycles. The topological polar surface area (TPSA) is 15.3 Å². The molecule has 18 heavy (non-hydrogen) atoms. The van der Waals surface area contributed by atoms with Gasteiger partial charge < -0.3 is 5.32 Å². The van der Waals surface area contributed by atoms with E-state index in [9.17, 15) is 8.78 Å². The van der Waals surface area contributed by atoms with Gasteiger partial charge in [-0.2, -0.15) is 0 Å². The van der Waals surface area contributed by atoms with Crippen LogP contribution in [-0.4, -0.2) is 30.6 Å². The van der Waals surface area contributed by atoms with Gasteiger partial charge in [0.05, 0.1) is 0 Å². The third-order valence-electron chi connectivity index (χ3n) is 3.99. The largest absolute Gasteiger partial charge is 0.314 e. The molecule has 0 bridgehead atoms. The number of hydrogen-bond acceptors (Lipinski definition) is 2. The van der Waals surface area contributed by atoms with Crippen molar-refractivity contribution in [3.05, 3.63) is 35.4 Å². The zero-order valence-corrected chi connectivity index (χ0v) is 10.3. The summed E-state index contributed by atoms with van der Waals surface area (Å²) in [5, 5.41) is 3.37. The molecule has 4 heteroatoms. The summed E-state index contributed by atoms with van der Waals surface area (Å²) in [7, 11) is 0. The summed E-state index contributed by atoms with van der Waals surface area (Å²) in [4.78, 5) is 2.23. The first kappa shape index (κ1) is 12.1. The molecule has 1 atom stereocenters. The fourth-order valence-electron chi connectivity index (χ4n) is 2.80. The molecule has 1 unspecified atom stereocenters. The minimum atomic E-state index is -0.428. The van der Waals surface area contributed by atoms with Gasteiger partial charge in [0.15, 0.2) is 0 Å². The second-order valence-corrected chi connectivity index (χ2v) is 5.28. The highest BCUT2D eigenvalue weighted by atomic mass is 19.1. The van der Waals surface area contributed by atoms with Gasteiger partial charge in [-0.1, -0.05) is 6.07 Å². The average Bonchev–Trinajstić information content (AvgIpc) is 3.19. The molecule has 1 saturated carbocycles. The molecule has 1 aromatic rings. The number of benzene rings is 1. The molecule has 1 heterocycles. The van der Waals surface area contributed by atoms with Crippen LogP contribution in [0.4, 0.5) is 8.78 Å². The van der Waals surface area contributed by atoms with Gasteiger partial charge in [0, 0.05) is 37.8 Å². The molecular weight excluding hydrogens is 234 g/mol. The molecule has 1 aliphatic heterocycles. The van der Waals surface area contributed by atoms with Crippen molar-refractivity contribution in [3.8, 4) is 0 Å². The van der Waals surface area contributed by atoms with Gasteiger partial charge in [-0.25, -0.2) is 8.78 Å². The van der Waals surface area contributed by atoms with E-state index in [0.29, 0.717) is 18.5 Å². The Morgan fingerprint density at radius 2 is 1.94 bits per heavy atom. The Balaban J connectivity index is 1.77. The van der Waals surface area contributed by atoms with Crippen molar-refractivity contribution >= 4 is 0 Å². The molecule has 3 rings (SSSR count). The fraction of sp³-hybridized carbons (Fsp3) is 0.571. The van der Waals surface area contributed by atoms with Crippen molar-refractivity contribution in [1.82, 2.24) is 10.2 Å². The van der Waals surface area contributed by atoms with Crippen molar-refractivity contribution in [3.63, 3.8) is 0 Å². The summed E-state index contributed by atoms with van der Waals surface area (Å²) in [5.74, 6) is -0.140. The van der Waals surface area contributed by atoms with Gasteiger partial charge in [-0.05, 0) is 30.9 Å². The summed E-state index contributed by atoms with van der Waals surface area (Å²) in [6, 6.07) is 4.54. The van der Waals surface area contributed by atoms with Crippen LogP contribution in [0.5, 0.6) is 0 Å². The lowest BCUT2D eigenvalue weighted by molar-refractivity contribution is 0.132. The summed E-state index contributed by atoms with van der Waals surface area (Å²) in [6.07, 6.45) is 2.51. The van der Waals surface area contributed by atoms with Crippen LogP contribution in [0.15, 0.2) is 18.2 Å². The van der Waals surface area contributed by atoms with Gasteiger partial charge in [-0.15, -0.1) is 0 Å². The Morgan fingerprint density at radius 1 is 1.22 bits per heavy atom. The predicted molar refractivity (Wildman–Crippen MR) is 66.1 cm³/mol. The Labute approximate surface area is 106 Å². The zero-order valence-electron chi connectivity index (χ0n) is 10.3. The molecule has 0 spiro atoms. The van der Waals surface area contributed by atoms with Crippen LogP contribution in [0.2, 0.25) is 0 Å². The second-order valence-electron chi connectivity index (χ2n) is 5.28. The lowest BCUT2D eigenvalue weighted by Gasteiger charge is -2.36. The van der Waals surface area contributed by atoms with E-state index < -0.39 is 11.6 Å². The molecule has 2 fully saturated rings. The fourth-order valence-corrected chi connectivity index (χ4v) is 2.80. The number of nitrogens with one attached hydrogen (secondary N) is 1. The molecule has 1 aromatic carbocycles. The zero-order chi connectivity index (χ0) is 12.5. The maximum Gasteiger partial charge on any atom is 0.130 e. The maximum atomic E-state index is 13.7. The maximum absolute atomic E-state index is 13.7. The molecule has 0 amide bonds. The third kappa shape index (κ3) is 2.40. The van der Waals surface area contributed by atoms with Crippen molar-refractivity contribution in [1.29, 1.82) is 0 Å². The van der Waals surface area contributed by atoms with Crippen LogP contribution in [0, 0.1) is 17.6 Å². The van der Waals surface area contributed by atoms with Crippen LogP contribution >= 0.6 is 0 Å². The van der Waals surface area contributed by atoms with E-state index in [-0.39, 0.29) is 5.56 Å². The summed E-state index contributed by atoms with van der Waals surface area (Å²) in [5.41, 5.74) is 0.213. The van der Waals surface area contributed by atoms with E-state index in [2.05, 4.69) is 10.2 Å². The molecule has 0 aromatic heterocycles. The third-order valence-corrected chi connectivity index (χ3v) is 3.99. The highest BCUT2D eigenvalue weighted by molar-refractivity contribution is 5.20. The predicted octanol–water partition coefficient (Wildman–Crippen LogP) is 2.15. The smallest absolute Gasteiger partial charge is 0.130 e. The second kappa shape index (κ2) is 4.94. The molecule has 98 valence electrons. The van der Waals surface area contributed by atoms with Crippen molar-refractivity contribution in [2.24, 2.45) is 5.92 Å². The van der Waals surface area contributed by atoms with Crippen LogP contribution < -0.4 is 5.32 Å². The normalized spacial score (nSPS) is 25.3. The van der Waals surface area contributed by atoms with Gasteiger partial charge in [0.25, 0.3) is 0 Å². The quantitative estimate of drug-likeness (QED) is 0.886. The summed E-state index contributed by atoms with van der Waals surface area (Å²) in [6.45, 7) is 3.11. The monoisotopic (exact) mass is 252 g/mol. The molecule has 2 nitrogen and oxygen atoms in total. The Morgan fingerprint density at radius 3 is 2.61 bits per heavy atom. The SMILES string of the molecule is Fc1cccc(F)c1CN1CCNCC1C1CC1. The van der Waals surface area contributed by atoms with E-state index >= 15 is 0 Å². The molecule has 1 saturated heterocycles. The van der Waals surface area contributed by atoms with Crippen LogP contribution in [-0.2, 0) is 6.54 Å². The highest BCUT2D eigenvalue weighted by Gasteiger charge is 2.36. The van der Waals surface area contributed by atoms with Gasteiger partial charge in [0.1, 0.15) is 11.6 Å². The lowest BCUT2D eigenvalue weighted by atomic mass is 10.1. The molecular formula is C14H18F2N2. The standard InChI is InChI=1S/C14H18F2N2/c15-12-2-1-3-13(16)11(12)9-18-7-6-17-8-14(18)10-4-5-10/h1-3,10,14,17H,4-9H2. The van der Waals surface area contributed by atoms with Gasteiger partial charge >= 0.3 is 0 Å². The van der Waals surface area contributed by atoms with Crippen LogP contribution in [0.1, 0.15) is 18.4 Å². The Bertz CT molecular complexity index is 412. The molecule has 1 N–H and O–H groups in total. The van der Waals surface area contributed by atoms with E-state index in [1.165, 1.54) is 31.0 Å². The minimum absolute atomic E-state index is 0.213. The van der Waals surface area contributed by atoms with E-state index in [0.717, 1.165) is 19.6 Å². The number of nitrogens with zero attached hydrogens (tertiary/aromatic N) is 1. The van der Waals surface area contributed by atoms with Crippen molar-refractivity contribution < 1.29 is 8.78 Å². The first-order valence-corrected chi connectivity index (χ1v) is 6.63. The van der Waals surface area contributed by atoms with Crippen LogP contribution in [0.25, 0.3) is 0 Å². The summed E-state index contributed by atoms with van der Waals surface area (Å²) >= 11 is 0. The first-order chi connectivity index (χ1) is 8.75. The van der Waals surface area contributed by atoms with Crippen LogP contribution in [0.3, 0.4) is 0 Å². The number of hydrogen-bond donors (Lipinski definition) is 1. The lowest BCUT2D eigenvalue weighted by Crippen LogP contribution is -2.51. The first-order valence-electron chi connectivity index (χ1n) is 6.63. The molecule has 0 radical (unpaired) electrons. The highest BCUT2D eigenvalue weighted by Crippen LogP contribution is 2.36. The van der Waals surface area contributed by atoms with Crippen molar-refractivity contribution in [2.45, 2.75) is 25.4 Å². The Kier molecular flexibility index (Phi) is 3.31. The molecule has 2 aliphatic rings. The average molecular weight is 252 g/mol. The summed E-state index contributed by atoms with van der Waals surface area (Å²) < 4.78 is 27.3. The van der Waals surface area contributed by atoms with Crippen molar-refractivity contribution in [2.75, 3.05) is 19.6 Å².